The Hall–Kier alpha value is -4.14. The number of ether oxygens (including phenoxy) is 1. The summed E-state index contributed by atoms with van der Waals surface area (Å²) in [5.41, 5.74) is 2.62. The quantitative estimate of drug-likeness (QED) is 0.101. The van der Waals surface area contributed by atoms with Crippen LogP contribution in [0.2, 0.25) is 5.02 Å². The molecule has 2 unspecified atom stereocenters. The van der Waals surface area contributed by atoms with Crippen molar-refractivity contribution in [3.63, 3.8) is 0 Å². The number of imide groups is 1. The number of halogens is 2. The Morgan fingerprint density at radius 3 is 2.24 bits per heavy atom. The number of Topliss-reactive ketones (excluding diaryl/α,β-unsaturated/α-hetero) is 1. The molecule has 0 spiro atoms. The number of fused-ring (bicyclic) bond motifs is 2. The fourth-order valence-electron chi connectivity index (χ4n) is 5.29. The van der Waals surface area contributed by atoms with Gasteiger partial charge in [-0.25, -0.2) is 9.78 Å². The molecule has 0 bridgehead atoms. The molecule has 0 radical (unpaired) electrons. The molecule has 1 aliphatic carbocycles. The Bertz CT molecular complexity index is 1720. The number of nitrogens with zero attached hydrogens (tertiary/aromatic N) is 2. The van der Waals surface area contributed by atoms with Gasteiger partial charge in [0, 0.05) is 21.0 Å². The van der Waals surface area contributed by atoms with E-state index in [1.54, 1.807) is 72.8 Å². The third-order valence-electron chi connectivity index (χ3n) is 7.44. The minimum atomic E-state index is -0.688. The van der Waals surface area contributed by atoms with Crippen LogP contribution in [0.5, 0.6) is 0 Å². The van der Waals surface area contributed by atoms with Gasteiger partial charge in [-0.05, 0) is 49.2 Å². The van der Waals surface area contributed by atoms with Crippen molar-refractivity contribution in [1.29, 1.82) is 0 Å². The molecule has 2 atom stereocenters. The molecule has 41 heavy (non-hydrogen) atoms. The molecule has 7 nitrogen and oxygen atoms in total. The van der Waals surface area contributed by atoms with Gasteiger partial charge in [-0.3, -0.25) is 19.3 Å². The van der Waals surface area contributed by atoms with Crippen molar-refractivity contribution in [3.05, 3.63) is 106 Å². The van der Waals surface area contributed by atoms with Crippen LogP contribution in [0.3, 0.4) is 0 Å². The average molecular weight is 630 g/mol. The van der Waals surface area contributed by atoms with Gasteiger partial charge in [-0.1, -0.05) is 76.1 Å². The molecule has 0 N–H and O–H groups in total. The van der Waals surface area contributed by atoms with E-state index in [1.165, 1.54) is 4.90 Å². The van der Waals surface area contributed by atoms with Crippen LogP contribution in [0.1, 0.15) is 33.6 Å². The molecule has 1 aromatic heterocycles. The van der Waals surface area contributed by atoms with Crippen molar-refractivity contribution in [1.82, 2.24) is 4.98 Å². The number of esters is 1. The first-order valence-corrected chi connectivity index (χ1v) is 14.2. The van der Waals surface area contributed by atoms with Crippen LogP contribution in [0.15, 0.2) is 89.4 Å². The highest BCUT2D eigenvalue weighted by Gasteiger charge is 2.47. The van der Waals surface area contributed by atoms with Crippen LogP contribution < -0.4 is 4.90 Å². The second-order valence-electron chi connectivity index (χ2n) is 9.91. The van der Waals surface area contributed by atoms with Gasteiger partial charge >= 0.3 is 5.97 Å². The summed E-state index contributed by atoms with van der Waals surface area (Å²) in [6, 6.07) is 20.4. The lowest BCUT2D eigenvalue weighted by Gasteiger charge is -2.16. The molecule has 1 saturated heterocycles. The average Bonchev–Trinajstić information content (AvgIpc) is 3.25. The summed E-state index contributed by atoms with van der Waals surface area (Å²) in [7, 11) is 0. The lowest BCUT2D eigenvalue weighted by atomic mass is 9.85. The van der Waals surface area contributed by atoms with E-state index < -0.39 is 12.6 Å². The Morgan fingerprint density at radius 1 is 0.927 bits per heavy atom. The summed E-state index contributed by atoms with van der Waals surface area (Å²) >= 11 is 9.79. The highest BCUT2D eigenvalue weighted by molar-refractivity contribution is 9.10. The van der Waals surface area contributed by atoms with E-state index >= 15 is 0 Å². The number of hydrogen-bond acceptors (Lipinski definition) is 6. The highest BCUT2D eigenvalue weighted by Crippen LogP contribution is 2.38. The van der Waals surface area contributed by atoms with E-state index in [0.717, 1.165) is 4.47 Å². The number of benzene rings is 3. The van der Waals surface area contributed by atoms with Crippen molar-refractivity contribution in [3.8, 4) is 11.3 Å². The molecule has 1 fully saturated rings. The normalized spacial score (nSPS) is 18.0. The number of hydrogen-bond donors (Lipinski definition) is 0. The fraction of sp³-hybridized carbons (Fsp3) is 0.156. The maximum Gasteiger partial charge on any atom is 0.339 e. The molecule has 3 aromatic carbocycles. The second kappa shape index (κ2) is 11.0. The number of para-hydroxylation sites is 1. The van der Waals surface area contributed by atoms with E-state index in [9.17, 15) is 19.2 Å². The predicted octanol–water partition coefficient (Wildman–Crippen LogP) is 6.81. The van der Waals surface area contributed by atoms with Gasteiger partial charge < -0.3 is 4.74 Å². The maximum atomic E-state index is 13.2. The molecule has 2 aliphatic rings. The first kappa shape index (κ1) is 27.1. The smallest absolute Gasteiger partial charge is 0.339 e. The molecule has 204 valence electrons. The summed E-state index contributed by atoms with van der Waals surface area (Å²) in [5, 5.41) is 0.842. The van der Waals surface area contributed by atoms with Crippen LogP contribution >= 0.6 is 27.5 Å². The predicted molar refractivity (Wildman–Crippen MR) is 159 cm³/mol. The summed E-state index contributed by atoms with van der Waals surface area (Å²) in [6.07, 6.45) is 5.04. The second-order valence-corrected chi connectivity index (χ2v) is 11.2. The van der Waals surface area contributed by atoms with Crippen molar-refractivity contribution in [2.45, 2.75) is 12.8 Å². The minimum Gasteiger partial charge on any atom is -0.454 e. The lowest BCUT2D eigenvalue weighted by Crippen LogP contribution is -2.30. The molecular weight excluding hydrogens is 608 g/mol. The van der Waals surface area contributed by atoms with Gasteiger partial charge in [0.2, 0.25) is 11.8 Å². The zero-order chi connectivity index (χ0) is 28.7. The minimum absolute atomic E-state index is 0.185. The van der Waals surface area contributed by atoms with Gasteiger partial charge in [0.05, 0.1) is 39.3 Å². The number of aromatic nitrogens is 1. The number of carbonyl (C=O) groups excluding carboxylic acids is 4. The number of pyridine rings is 1. The summed E-state index contributed by atoms with van der Waals surface area (Å²) in [5.74, 6) is -2.03. The van der Waals surface area contributed by atoms with Crippen molar-refractivity contribution >= 4 is 67.7 Å². The van der Waals surface area contributed by atoms with E-state index in [2.05, 4.69) is 20.9 Å². The Morgan fingerprint density at radius 2 is 1.59 bits per heavy atom. The van der Waals surface area contributed by atoms with E-state index in [1.807, 2.05) is 12.2 Å². The van der Waals surface area contributed by atoms with Gasteiger partial charge in [-0.15, -0.1) is 0 Å². The largest absolute Gasteiger partial charge is 0.454 e. The molecular formula is C32H22BrClN2O5. The zero-order valence-electron chi connectivity index (χ0n) is 21.6. The van der Waals surface area contributed by atoms with E-state index in [-0.39, 0.29) is 35.0 Å². The van der Waals surface area contributed by atoms with Crippen molar-refractivity contribution < 1.29 is 23.9 Å². The number of ketones is 1. The fourth-order valence-corrected chi connectivity index (χ4v) is 5.78. The zero-order valence-corrected chi connectivity index (χ0v) is 23.9. The van der Waals surface area contributed by atoms with Crippen molar-refractivity contribution in [2.75, 3.05) is 11.5 Å². The van der Waals surface area contributed by atoms with Crippen LogP contribution in [0.25, 0.3) is 22.2 Å². The first-order chi connectivity index (χ1) is 19.8. The van der Waals surface area contributed by atoms with Gasteiger partial charge in [0.15, 0.2) is 12.4 Å². The van der Waals surface area contributed by atoms with Gasteiger partial charge in [0.25, 0.3) is 0 Å². The summed E-state index contributed by atoms with van der Waals surface area (Å²) in [4.78, 5) is 57.7. The van der Waals surface area contributed by atoms with Crippen LogP contribution in [0, 0.1) is 11.8 Å². The van der Waals surface area contributed by atoms with Gasteiger partial charge in [-0.2, -0.15) is 0 Å². The van der Waals surface area contributed by atoms with Gasteiger partial charge in [0.1, 0.15) is 0 Å². The van der Waals surface area contributed by atoms with Crippen LogP contribution in [-0.2, 0) is 14.3 Å². The number of anilines is 1. The molecule has 1 aliphatic heterocycles. The molecule has 4 aromatic rings. The topological polar surface area (TPSA) is 93.6 Å². The number of amides is 2. The maximum absolute atomic E-state index is 13.2. The Labute approximate surface area is 248 Å². The third-order valence-corrected chi connectivity index (χ3v) is 8.27. The lowest BCUT2D eigenvalue weighted by molar-refractivity contribution is -0.122. The third kappa shape index (κ3) is 5.09. The SMILES string of the molecule is O=C(COC(=O)c1cc(-c2ccc(N3C(=O)C4CC=CCC4C3=O)cc2)nc2c(Cl)cccc12)c1ccc(Br)cc1. The molecule has 9 heteroatoms. The van der Waals surface area contributed by atoms with Crippen molar-refractivity contribution in [2.24, 2.45) is 11.8 Å². The number of carbonyl (C=O) groups is 4. The number of rotatable bonds is 6. The van der Waals surface area contributed by atoms with Crippen LogP contribution in [-0.4, -0.2) is 35.2 Å². The molecule has 2 heterocycles. The first-order valence-electron chi connectivity index (χ1n) is 13.0. The summed E-state index contributed by atoms with van der Waals surface area (Å²) < 4.78 is 6.25. The van der Waals surface area contributed by atoms with Crippen LogP contribution in [0.4, 0.5) is 5.69 Å². The highest BCUT2D eigenvalue weighted by atomic mass is 79.9. The molecule has 0 saturated carbocycles. The Kier molecular flexibility index (Phi) is 7.28. The standard InChI is InChI=1S/C32H22BrClN2O5/c33-20-12-8-19(9-13-20)28(37)17-41-32(40)25-16-27(35-29-22(25)6-3-7-26(29)34)18-10-14-21(15-11-18)36-30(38)23-4-1-2-5-24(23)31(36)39/h1-3,6-16,23-24H,4-5,17H2. The number of allylic oxidation sites excluding steroid dienone is 2. The molecule has 2 amide bonds. The summed E-state index contributed by atoms with van der Waals surface area (Å²) in [6.45, 7) is -0.426. The van der Waals surface area contributed by atoms with E-state index in [0.29, 0.717) is 51.3 Å². The molecule has 6 rings (SSSR count). The monoisotopic (exact) mass is 628 g/mol. The van der Waals surface area contributed by atoms with E-state index in [4.69, 9.17) is 16.3 Å². The Balaban J connectivity index is 1.29.